The van der Waals surface area contributed by atoms with Crippen LogP contribution in [0.3, 0.4) is 0 Å². The summed E-state index contributed by atoms with van der Waals surface area (Å²) in [6.07, 6.45) is 22.8. The molecule has 0 aromatic heterocycles. The fourth-order valence-corrected chi connectivity index (χ4v) is 4.98. The average molecular weight is 442 g/mol. The largest absolute Gasteiger partial charge is 0.616 e. The summed E-state index contributed by atoms with van der Waals surface area (Å²) in [6.45, 7) is 2.02. The molecule has 174 valence electrons. The molecule has 0 aromatic rings. The van der Waals surface area contributed by atoms with Crippen molar-refractivity contribution in [1.82, 2.24) is 4.90 Å². The summed E-state index contributed by atoms with van der Waals surface area (Å²) in [5, 5.41) is 8.06. The molecule has 0 radical (unpaired) electrons. The number of likely N-dealkylation sites (tertiary alicyclic amines) is 1. The Bertz CT molecular complexity index is 498. The minimum absolute atomic E-state index is 0.0192. The van der Waals surface area contributed by atoms with E-state index in [0.29, 0.717) is 0 Å². The van der Waals surface area contributed by atoms with E-state index >= 15 is 0 Å². The summed E-state index contributed by atoms with van der Waals surface area (Å²) in [4.78, 5) is 25.3. The quantitative estimate of drug-likeness (QED) is 0.169. The van der Waals surface area contributed by atoms with E-state index < -0.39 is 22.3 Å². The molecule has 1 fully saturated rings. The van der Waals surface area contributed by atoms with Gasteiger partial charge >= 0.3 is 0 Å². The number of unbranched alkanes of at least 4 members (excludes halogenated alkanes) is 14. The van der Waals surface area contributed by atoms with E-state index in [2.05, 4.69) is 6.92 Å². The smallest absolute Gasteiger partial charge is 0.286 e. The Kier molecular flexibility index (Phi) is 16.1. The third-order valence-electron chi connectivity index (χ3n) is 5.73. The number of rotatable bonds is 19. The molecule has 1 aliphatic rings. The standard InChI is InChI=1S/C24H43NO4S/c1-2-3-4-5-6-7-8-9-10-11-12-13-14-15-16-17-18-25-23(27)21-22(24(25)28)30(29)20-19-26/h17-18,22,26H,2-16,19-21H2,1H3/b18-17+. The fourth-order valence-electron chi connectivity index (χ4n) is 3.85. The molecular weight excluding hydrogens is 398 g/mol. The van der Waals surface area contributed by atoms with Crippen LogP contribution in [0.5, 0.6) is 0 Å². The predicted octanol–water partition coefficient (Wildman–Crippen LogP) is 5.24. The first-order valence-electron chi connectivity index (χ1n) is 12.1. The second kappa shape index (κ2) is 17.8. The van der Waals surface area contributed by atoms with E-state index in [1.807, 2.05) is 6.08 Å². The number of allylic oxidation sites excluding steroid dienone is 1. The lowest BCUT2D eigenvalue weighted by molar-refractivity contribution is -0.135. The lowest BCUT2D eigenvalue weighted by Gasteiger charge is -2.14. The van der Waals surface area contributed by atoms with Gasteiger partial charge in [0.2, 0.25) is 11.2 Å². The van der Waals surface area contributed by atoms with Crippen molar-refractivity contribution in [2.45, 2.75) is 115 Å². The number of hydrogen-bond donors (Lipinski definition) is 1. The summed E-state index contributed by atoms with van der Waals surface area (Å²) in [6, 6.07) is 0. The van der Waals surface area contributed by atoms with Gasteiger partial charge in [-0.25, -0.2) is 0 Å². The third-order valence-corrected chi connectivity index (χ3v) is 7.32. The van der Waals surface area contributed by atoms with Crippen LogP contribution >= 0.6 is 0 Å². The maximum Gasteiger partial charge on any atom is 0.286 e. The van der Waals surface area contributed by atoms with Gasteiger partial charge < -0.3 is 9.66 Å². The maximum absolute atomic E-state index is 12.2. The van der Waals surface area contributed by atoms with Crippen molar-refractivity contribution < 1.29 is 19.2 Å². The number of imide groups is 1. The fraction of sp³-hybridized carbons (Fsp3) is 0.833. The van der Waals surface area contributed by atoms with E-state index in [4.69, 9.17) is 5.11 Å². The first-order chi connectivity index (χ1) is 14.6. The Hall–Kier alpha value is -0.850. The topological polar surface area (TPSA) is 80.7 Å². The molecule has 6 heteroatoms. The summed E-state index contributed by atoms with van der Waals surface area (Å²) >= 11 is -1.48. The van der Waals surface area contributed by atoms with Gasteiger partial charge in [0, 0.05) is 6.20 Å². The molecule has 1 heterocycles. The van der Waals surface area contributed by atoms with Crippen LogP contribution in [-0.2, 0) is 20.8 Å². The molecule has 2 unspecified atom stereocenters. The predicted molar refractivity (Wildman–Crippen MR) is 124 cm³/mol. The van der Waals surface area contributed by atoms with Gasteiger partial charge in [0.25, 0.3) is 5.91 Å². The monoisotopic (exact) mass is 441 g/mol. The number of carbonyl (C=O) groups excluding carboxylic acids is 2. The molecule has 2 amide bonds. The van der Waals surface area contributed by atoms with E-state index in [1.54, 1.807) is 6.20 Å². The Morgan fingerprint density at radius 3 is 1.93 bits per heavy atom. The number of amides is 2. The number of hydrogen-bond acceptors (Lipinski definition) is 4. The van der Waals surface area contributed by atoms with E-state index in [1.165, 1.54) is 83.5 Å². The number of aliphatic hydroxyl groups excluding tert-OH is 1. The van der Waals surface area contributed by atoms with Crippen LogP contribution in [-0.4, -0.2) is 44.0 Å². The summed E-state index contributed by atoms with van der Waals surface area (Å²) in [5.41, 5.74) is 0. The molecule has 1 rings (SSSR count). The Labute approximate surface area is 186 Å². The molecule has 1 aliphatic heterocycles. The van der Waals surface area contributed by atoms with Gasteiger partial charge in [-0.1, -0.05) is 96.5 Å². The highest BCUT2D eigenvalue weighted by Crippen LogP contribution is 2.21. The lowest BCUT2D eigenvalue weighted by atomic mass is 10.0. The average Bonchev–Trinajstić information content (AvgIpc) is 3.01. The zero-order valence-electron chi connectivity index (χ0n) is 19.0. The van der Waals surface area contributed by atoms with Crippen LogP contribution in [0.15, 0.2) is 12.3 Å². The van der Waals surface area contributed by atoms with E-state index in [9.17, 15) is 14.1 Å². The van der Waals surface area contributed by atoms with Crippen molar-refractivity contribution in [3.63, 3.8) is 0 Å². The van der Waals surface area contributed by atoms with Gasteiger partial charge in [0.05, 0.1) is 13.0 Å². The minimum atomic E-state index is -1.48. The minimum Gasteiger partial charge on any atom is -0.616 e. The highest BCUT2D eigenvalue weighted by molar-refractivity contribution is 7.92. The molecule has 0 spiro atoms. The van der Waals surface area contributed by atoms with Gasteiger partial charge in [-0.2, -0.15) is 0 Å². The highest BCUT2D eigenvalue weighted by Gasteiger charge is 2.44. The van der Waals surface area contributed by atoms with Gasteiger partial charge in [0.1, 0.15) is 5.75 Å². The molecule has 0 bridgehead atoms. The molecule has 30 heavy (non-hydrogen) atoms. The molecule has 0 aromatic carbocycles. The van der Waals surface area contributed by atoms with Gasteiger partial charge in [-0.3, -0.25) is 14.5 Å². The number of nitrogens with zero attached hydrogens (tertiary/aromatic N) is 1. The highest BCUT2D eigenvalue weighted by atomic mass is 32.2. The Morgan fingerprint density at radius 2 is 1.43 bits per heavy atom. The van der Waals surface area contributed by atoms with Crippen molar-refractivity contribution in [3.8, 4) is 0 Å². The van der Waals surface area contributed by atoms with Crippen LogP contribution in [0.4, 0.5) is 0 Å². The summed E-state index contributed by atoms with van der Waals surface area (Å²) < 4.78 is 11.9. The molecule has 1 saturated heterocycles. The number of aliphatic hydroxyl groups is 1. The second-order valence-corrected chi connectivity index (χ2v) is 10.1. The van der Waals surface area contributed by atoms with Crippen molar-refractivity contribution in [2.24, 2.45) is 0 Å². The van der Waals surface area contributed by atoms with E-state index in [-0.39, 0.29) is 24.7 Å². The van der Waals surface area contributed by atoms with Gasteiger partial charge in [-0.15, -0.1) is 0 Å². The van der Waals surface area contributed by atoms with Crippen LogP contribution < -0.4 is 0 Å². The molecule has 0 aliphatic carbocycles. The molecule has 5 nitrogen and oxygen atoms in total. The van der Waals surface area contributed by atoms with Crippen LogP contribution in [0, 0.1) is 0 Å². The first-order valence-corrected chi connectivity index (χ1v) is 13.5. The lowest BCUT2D eigenvalue weighted by Crippen LogP contribution is -2.33. The Balaban J connectivity index is 1.97. The van der Waals surface area contributed by atoms with E-state index in [0.717, 1.165) is 17.7 Å². The molecule has 0 saturated carbocycles. The summed E-state index contributed by atoms with van der Waals surface area (Å²) in [7, 11) is 0. The van der Waals surface area contributed by atoms with Crippen LogP contribution in [0.2, 0.25) is 0 Å². The van der Waals surface area contributed by atoms with Crippen molar-refractivity contribution in [2.75, 3.05) is 12.4 Å². The SMILES string of the molecule is CCCCCCCCCCCCCCCC/C=C/N1C(=O)CC([S+]([O-])CCO)C1=O. The molecular formula is C24H43NO4S. The molecule has 1 N–H and O–H groups in total. The first kappa shape index (κ1) is 27.2. The Morgan fingerprint density at radius 1 is 0.933 bits per heavy atom. The normalized spacial score (nSPS) is 18.1. The van der Waals surface area contributed by atoms with Crippen LogP contribution in [0.25, 0.3) is 0 Å². The zero-order valence-corrected chi connectivity index (χ0v) is 19.8. The van der Waals surface area contributed by atoms with Crippen molar-refractivity contribution in [3.05, 3.63) is 12.3 Å². The second-order valence-electron chi connectivity index (χ2n) is 8.37. The summed E-state index contributed by atoms with van der Waals surface area (Å²) in [5.74, 6) is -0.655. The third kappa shape index (κ3) is 11.5. The maximum atomic E-state index is 12.2. The zero-order chi connectivity index (χ0) is 22.0. The van der Waals surface area contributed by atoms with Gasteiger partial charge in [0.15, 0.2) is 0 Å². The van der Waals surface area contributed by atoms with Gasteiger partial charge in [-0.05, 0) is 24.0 Å². The molecule has 2 atom stereocenters. The van der Waals surface area contributed by atoms with Crippen molar-refractivity contribution in [1.29, 1.82) is 0 Å². The van der Waals surface area contributed by atoms with Crippen molar-refractivity contribution >= 4 is 23.0 Å². The van der Waals surface area contributed by atoms with Crippen LogP contribution in [0.1, 0.15) is 110 Å². The number of carbonyl (C=O) groups is 2.